The average Bonchev–Trinajstić information content (AvgIpc) is 3.52. The van der Waals surface area contributed by atoms with Crippen LogP contribution < -0.4 is 5.32 Å². The molecule has 0 saturated heterocycles. The van der Waals surface area contributed by atoms with Gasteiger partial charge in [0, 0.05) is 16.8 Å². The molecule has 4 aromatic heterocycles. The molecule has 160 valence electrons. The van der Waals surface area contributed by atoms with Crippen molar-refractivity contribution in [3.05, 3.63) is 77.5 Å². The van der Waals surface area contributed by atoms with E-state index in [-0.39, 0.29) is 18.4 Å². The first-order chi connectivity index (χ1) is 15.6. The number of pyridine rings is 1. The summed E-state index contributed by atoms with van der Waals surface area (Å²) in [5.74, 6) is 0.618. The Balaban J connectivity index is 1.32. The topological polar surface area (TPSA) is 104 Å². The van der Waals surface area contributed by atoms with Gasteiger partial charge >= 0.3 is 0 Å². The molecule has 0 spiro atoms. The van der Waals surface area contributed by atoms with E-state index in [1.165, 1.54) is 0 Å². The lowest BCUT2D eigenvalue weighted by atomic mass is 10.1. The van der Waals surface area contributed by atoms with Gasteiger partial charge in [-0.1, -0.05) is 29.8 Å². The summed E-state index contributed by atoms with van der Waals surface area (Å²) in [6, 6.07) is 13.1. The molecular weight excluding hydrogens is 430 g/mol. The van der Waals surface area contributed by atoms with E-state index in [0.29, 0.717) is 17.2 Å². The molecule has 32 heavy (non-hydrogen) atoms. The summed E-state index contributed by atoms with van der Waals surface area (Å²) in [5.41, 5.74) is 3.15. The number of benzene rings is 1. The smallest absolute Gasteiger partial charge is 0.248 e. The van der Waals surface area contributed by atoms with Crippen LogP contribution in [0.2, 0.25) is 5.02 Å². The highest BCUT2D eigenvalue weighted by Crippen LogP contribution is 2.30. The van der Waals surface area contributed by atoms with Gasteiger partial charge < -0.3 is 4.42 Å². The minimum atomic E-state index is -0.310. The van der Waals surface area contributed by atoms with E-state index in [4.69, 9.17) is 16.0 Å². The summed E-state index contributed by atoms with van der Waals surface area (Å²) in [6.07, 6.45) is 4.84. The maximum absolute atomic E-state index is 12.6. The van der Waals surface area contributed by atoms with Gasteiger partial charge in [-0.3, -0.25) is 10.1 Å². The highest BCUT2D eigenvalue weighted by atomic mass is 35.5. The maximum Gasteiger partial charge on any atom is 0.248 e. The van der Waals surface area contributed by atoms with Crippen molar-refractivity contribution in [2.24, 2.45) is 0 Å². The number of rotatable bonds is 6. The third-order valence-electron chi connectivity index (χ3n) is 4.97. The Hall–Kier alpha value is -3.98. The van der Waals surface area contributed by atoms with E-state index in [2.05, 4.69) is 25.5 Å². The minimum Gasteiger partial charge on any atom is -0.464 e. The van der Waals surface area contributed by atoms with Crippen molar-refractivity contribution in [1.82, 2.24) is 29.5 Å². The Morgan fingerprint density at radius 2 is 2.00 bits per heavy atom. The number of hydrogen-bond acceptors (Lipinski definition) is 6. The molecule has 5 rings (SSSR count). The summed E-state index contributed by atoms with van der Waals surface area (Å²) in [6.45, 7) is 2.30. The number of carbonyl (C=O) groups is 1. The normalized spacial score (nSPS) is 11.2. The molecule has 9 nitrogen and oxygen atoms in total. The third kappa shape index (κ3) is 3.85. The predicted octanol–water partition coefficient (Wildman–Crippen LogP) is 3.93. The summed E-state index contributed by atoms with van der Waals surface area (Å²) in [7, 11) is 0. The fraction of sp³-hybridized carbons (Fsp3) is 0.136. The van der Waals surface area contributed by atoms with E-state index in [0.717, 1.165) is 28.0 Å². The molecule has 5 aromatic rings. The molecule has 0 bridgehead atoms. The number of aryl methyl sites for hydroxylation is 1. The second-order valence-electron chi connectivity index (χ2n) is 7.18. The van der Waals surface area contributed by atoms with Crippen LogP contribution in [0.1, 0.15) is 11.3 Å². The van der Waals surface area contributed by atoms with Gasteiger partial charge in [-0.2, -0.15) is 5.10 Å². The Morgan fingerprint density at radius 3 is 2.81 bits per heavy atom. The highest BCUT2D eigenvalue weighted by molar-refractivity contribution is 6.31. The lowest BCUT2D eigenvalue weighted by Gasteiger charge is -2.04. The van der Waals surface area contributed by atoms with Gasteiger partial charge in [0.15, 0.2) is 5.65 Å². The molecule has 0 saturated carbocycles. The minimum absolute atomic E-state index is 0.0298. The van der Waals surface area contributed by atoms with Gasteiger partial charge in [0.05, 0.1) is 23.9 Å². The summed E-state index contributed by atoms with van der Waals surface area (Å²) in [5, 5.41) is 13.0. The first-order valence-corrected chi connectivity index (χ1v) is 10.2. The summed E-state index contributed by atoms with van der Waals surface area (Å²) < 4.78 is 8.71. The molecule has 1 amide bonds. The zero-order chi connectivity index (χ0) is 22.1. The molecule has 1 N–H and O–H groups in total. The van der Waals surface area contributed by atoms with Crippen molar-refractivity contribution in [1.29, 1.82) is 0 Å². The summed E-state index contributed by atoms with van der Waals surface area (Å²) >= 11 is 6.20. The molecular formula is C22H18ClN7O2. The fourth-order valence-corrected chi connectivity index (χ4v) is 3.75. The monoisotopic (exact) mass is 447 g/mol. The molecule has 4 heterocycles. The Labute approximate surface area is 187 Å². The van der Waals surface area contributed by atoms with Gasteiger partial charge in [-0.25, -0.2) is 19.3 Å². The van der Waals surface area contributed by atoms with Crippen LogP contribution in [0.15, 0.2) is 65.7 Å². The van der Waals surface area contributed by atoms with Crippen molar-refractivity contribution >= 4 is 34.5 Å². The maximum atomic E-state index is 12.6. The SMILES string of the molecule is Cc1nn(CC(=O)Nc2ncn(Cc3ccccc3Cl)n2)c2nccc(-c3ccco3)c12. The van der Waals surface area contributed by atoms with E-state index >= 15 is 0 Å². The third-order valence-corrected chi connectivity index (χ3v) is 5.33. The molecule has 0 radical (unpaired) electrons. The predicted molar refractivity (Wildman–Crippen MR) is 119 cm³/mol. The van der Waals surface area contributed by atoms with Crippen LogP contribution in [0.5, 0.6) is 0 Å². The van der Waals surface area contributed by atoms with E-state index in [1.54, 1.807) is 28.2 Å². The van der Waals surface area contributed by atoms with E-state index in [1.807, 2.05) is 49.4 Å². The number of fused-ring (bicyclic) bond motifs is 1. The number of nitrogens with zero attached hydrogens (tertiary/aromatic N) is 6. The second-order valence-corrected chi connectivity index (χ2v) is 7.59. The van der Waals surface area contributed by atoms with Crippen LogP contribution >= 0.6 is 11.6 Å². The van der Waals surface area contributed by atoms with Gasteiger partial charge in [-0.15, -0.1) is 5.10 Å². The molecule has 0 atom stereocenters. The van der Waals surface area contributed by atoms with Crippen LogP contribution in [0.3, 0.4) is 0 Å². The molecule has 0 unspecified atom stereocenters. The van der Waals surface area contributed by atoms with Crippen molar-refractivity contribution in [3.8, 4) is 11.3 Å². The lowest BCUT2D eigenvalue weighted by molar-refractivity contribution is -0.116. The van der Waals surface area contributed by atoms with Crippen molar-refractivity contribution in [3.63, 3.8) is 0 Å². The average molecular weight is 448 g/mol. The Morgan fingerprint density at radius 1 is 1.12 bits per heavy atom. The Bertz CT molecular complexity index is 1410. The van der Waals surface area contributed by atoms with E-state index in [9.17, 15) is 4.79 Å². The number of nitrogens with one attached hydrogen (secondary N) is 1. The fourth-order valence-electron chi connectivity index (χ4n) is 3.56. The number of furan rings is 1. The number of amides is 1. The summed E-state index contributed by atoms with van der Waals surface area (Å²) in [4.78, 5) is 21.2. The molecule has 10 heteroatoms. The number of carbonyl (C=O) groups excluding carboxylic acids is 1. The van der Waals surface area contributed by atoms with Crippen LogP contribution in [-0.4, -0.2) is 35.4 Å². The molecule has 0 aliphatic carbocycles. The standard InChI is InChI=1S/C22H18ClN7O2/c1-14-20-16(18-7-4-10-32-18)8-9-24-21(20)30(27-14)12-19(31)26-22-25-13-29(28-22)11-15-5-2-3-6-17(15)23/h2-10,13H,11-12H2,1H3,(H,26,28,31). The zero-order valence-electron chi connectivity index (χ0n) is 17.1. The van der Waals surface area contributed by atoms with Crippen molar-refractivity contribution < 1.29 is 9.21 Å². The van der Waals surface area contributed by atoms with Crippen molar-refractivity contribution in [2.45, 2.75) is 20.0 Å². The van der Waals surface area contributed by atoms with Crippen LogP contribution in [0.4, 0.5) is 5.95 Å². The number of anilines is 1. The molecule has 0 aliphatic heterocycles. The lowest BCUT2D eigenvalue weighted by Crippen LogP contribution is -2.20. The van der Waals surface area contributed by atoms with Gasteiger partial charge in [0.25, 0.3) is 0 Å². The Kier molecular flexibility index (Phi) is 5.16. The van der Waals surface area contributed by atoms with Gasteiger partial charge in [0.1, 0.15) is 18.6 Å². The second kappa shape index (κ2) is 8.27. The van der Waals surface area contributed by atoms with Crippen LogP contribution in [0, 0.1) is 6.92 Å². The van der Waals surface area contributed by atoms with Gasteiger partial charge in [0.2, 0.25) is 11.9 Å². The van der Waals surface area contributed by atoms with E-state index < -0.39 is 0 Å². The molecule has 0 aliphatic rings. The first kappa shape index (κ1) is 20.0. The zero-order valence-corrected chi connectivity index (χ0v) is 17.8. The molecule has 1 aromatic carbocycles. The number of aromatic nitrogens is 6. The molecule has 0 fully saturated rings. The highest BCUT2D eigenvalue weighted by Gasteiger charge is 2.17. The van der Waals surface area contributed by atoms with Gasteiger partial charge in [-0.05, 0) is 36.8 Å². The number of halogens is 1. The quantitative estimate of drug-likeness (QED) is 0.423. The van der Waals surface area contributed by atoms with Crippen LogP contribution in [-0.2, 0) is 17.9 Å². The largest absolute Gasteiger partial charge is 0.464 e. The van der Waals surface area contributed by atoms with Crippen molar-refractivity contribution in [2.75, 3.05) is 5.32 Å². The van der Waals surface area contributed by atoms with Crippen LogP contribution in [0.25, 0.3) is 22.4 Å². The first-order valence-electron chi connectivity index (χ1n) is 9.87. The number of hydrogen-bond donors (Lipinski definition) is 1.